The molecule has 1 fully saturated rings. The summed E-state index contributed by atoms with van der Waals surface area (Å²) in [6.07, 6.45) is 5.16. The van der Waals surface area contributed by atoms with Gasteiger partial charge >= 0.3 is 0 Å². The molecule has 0 aliphatic carbocycles. The standard InChI is InChI=1S/C24H26N4O3/c1-16-12-23(25)27-14-19(16)17-8-10-28(11-9-17)24(29)20-13-21(30-2)22(15-26-20)31-18-6-4-3-5-7-18/h3-7,12-15,17H,8-11H2,1-2H3,(H2,25,27). The number of methoxy groups -OCH3 is 1. The molecule has 7 heteroatoms. The van der Waals surface area contributed by atoms with E-state index in [1.807, 2.05) is 47.5 Å². The molecule has 0 atom stereocenters. The third-order valence-electron chi connectivity index (χ3n) is 5.64. The van der Waals surface area contributed by atoms with Crippen LogP contribution in [0.25, 0.3) is 0 Å². The quantitative estimate of drug-likeness (QED) is 0.668. The number of nitrogens with two attached hydrogens (primary N) is 1. The first-order chi connectivity index (χ1) is 15.0. The predicted octanol–water partition coefficient (Wildman–Crippen LogP) is 4.19. The van der Waals surface area contributed by atoms with Crippen LogP contribution in [0.1, 0.15) is 40.4 Å². The molecule has 1 saturated heterocycles. The minimum atomic E-state index is -0.102. The van der Waals surface area contributed by atoms with Crippen molar-refractivity contribution in [2.24, 2.45) is 0 Å². The van der Waals surface area contributed by atoms with Crippen LogP contribution in [-0.2, 0) is 0 Å². The second kappa shape index (κ2) is 9.04. The van der Waals surface area contributed by atoms with Gasteiger partial charge in [0.2, 0.25) is 0 Å². The highest BCUT2D eigenvalue weighted by Crippen LogP contribution is 2.33. The highest BCUT2D eigenvalue weighted by Gasteiger charge is 2.27. The number of pyridine rings is 2. The summed E-state index contributed by atoms with van der Waals surface area (Å²) in [6.45, 7) is 3.39. The van der Waals surface area contributed by atoms with Gasteiger partial charge in [-0.3, -0.25) is 4.79 Å². The van der Waals surface area contributed by atoms with Gasteiger partial charge in [-0.25, -0.2) is 9.97 Å². The lowest BCUT2D eigenvalue weighted by molar-refractivity contribution is 0.0706. The van der Waals surface area contributed by atoms with E-state index in [1.54, 1.807) is 13.2 Å². The maximum absolute atomic E-state index is 13.0. The maximum atomic E-state index is 13.0. The number of para-hydroxylation sites is 1. The van der Waals surface area contributed by atoms with Gasteiger partial charge in [-0.05, 0) is 55.0 Å². The number of nitrogen functional groups attached to an aromatic ring is 1. The van der Waals surface area contributed by atoms with Gasteiger partial charge in [-0.15, -0.1) is 0 Å². The summed E-state index contributed by atoms with van der Waals surface area (Å²) in [5.74, 6) is 2.43. The van der Waals surface area contributed by atoms with Crippen molar-refractivity contribution >= 4 is 11.7 Å². The molecule has 1 aliphatic heterocycles. The van der Waals surface area contributed by atoms with Gasteiger partial charge < -0.3 is 20.1 Å². The molecule has 0 bridgehead atoms. The fraction of sp³-hybridized carbons (Fsp3) is 0.292. The lowest BCUT2D eigenvalue weighted by Gasteiger charge is -2.32. The predicted molar refractivity (Wildman–Crippen MR) is 119 cm³/mol. The van der Waals surface area contributed by atoms with Gasteiger partial charge in [0.15, 0.2) is 11.5 Å². The molecule has 7 nitrogen and oxygen atoms in total. The van der Waals surface area contributed by atoms with Crippen molar-refractivity contribution in [3.8, 4) is 17.2 Å². The molecule has 3 heterocycles. The molecule has 3 aromatic rings. The lowest BCUT2D eigenvalue weighted by atomic mass is 9.88. The van der Waals surface area contributed by atoms with E-state index in [0.717, 1.165) is 18.4 Å². The number of rotatable bonds is 5. The number of aromatic nitrogens is 2. The first kappa shape index (κ1) is 20.7. The second-order valence-electron chi connectivity index (χ2n) is 7.67. The zero-order valence-corrected chi connectivity index (χ0v) is 17.7. The molecular formula is C24H26N4O3. The molecular weight excluding hydrogens is 392 g/mol. The van der Waals surface area contributed by atoms with Gasteiger partial charge in [0.1, 0.15) is 17.3 Å². The molecule has 0 radical (unpaired) electrons. The Morgan fingerprint density at radius 3 is 2.48 bits per heavy atom. The SMILES string of the molecule is COc1cc(C(=O)N2CCC(c3cnc(N)cc3C)CC2)ncc1Oc1ccccc1. The van der Waals surface area contributed by atoms with E-state index in [4.69, 9.17) is 15.2 Å². The molecule has 2 N–H and O–H groups in total. The van der Waals surface area contributed by atoms with Crippen molar-refractivity contribution in [2.75, 3.05) is 25.9 Å². The summed E-state index contributed by atoms with van der Waals surface area (Å²) in [5, 5.41) is 0. The van der Waals surface area contributed by atoms with Crippen molar-refractivity contribution in [1.82, 2.24) is 14.9 Å². The van der Waals surface area contributed by atoms with Crippen LogP contribution < -0.4 is 15.2 Å². The minimum Gasteiger partial charge on any atom is -0.493 e. The number of hydrogen-bond acceptors (Lipinski definition) is 6. The summed E-state index contributed by atoms with van der Waals surface area (Å²) in [5.41, 5.74) is 8.48. The number of likely N-dealkylation sites (tertiary alicyclic amines) is 1. The summed E-state index contributed by atoms with van der Waals surface area (Å²) in [7, 11) is 1.55. The Balaban J connectivity index is 1.44. The average molecular weight is 418 g/mol. The summed E-state index contributed by atoms with van der Waals surface area (Å²) < 4.78 is 11.3. The van der Waals surface area contributed by atoms with E-state index in [0.29, 0.717) is 47.8 Å². The lowest BCUT2D eigenvalue weighted by Crippen LogP contribution is -2.38. The third kappa shape index (κ3) is 4.60. The molecule has 0 saturated carbocycles. The molecule has 1 amide bonds. The smallest absolute Gasteiger partial charge is 0.272 e. The third-order valence-corrected chi connectivity index (χ3v) is 5.64. The van der Waals surface area contributed by atoms with E-state index >= 15 is 0 Å². The first-order valence-corrected chi connectivity index (χ1v) is 10.3. The van der Waals surface area contributed by atoms with Crippen LogP contribution in [0.15, 0.2) is 54.9 Å². The Hall–Kier alpha value is -3.61. The molecule has 1 aromatic carbocycles. The van der Waals surface area contributed by atoms with Crippen molar-refractivity contribution in [1.29, 1.82) is 0 Å². The van der Waals surface area contributed by atoms with Gasteiger partial charge in [0.05, 0.1) is 13.3 Å². The van der Waals surface area contributed by atoms with Crippen LogP contribution in [0.2, 0.25) is 0 Å². The van der Waals surface area contributed by atoms with E-state index in [9.17, 15) is 4.79 Å². The van der Waals surface area contributed by atoms with Gasteiger partial charge in [-0.1, -0.05) is 18.2 Å². The van der Waals surface area contributed by atoms with Gasteiger partial charge in [0.25, 0.3) is 5.91 Å². The molecule has 2 aromatic heterocycles. The Kier molecular flexibility index (Phi) is 6.02. The second-order valence-corrected chi connectivity index (χ2v) is 7.67. The number of aryl methyl sites for hydroxylation is 1. The van der Waals surface area contributed by atoms with Crippen LogP contribution in [-0.4, -0.2) is 41.0 Å². The first-order valence-electron chi connectivity index (χ1n) is 10.3. The monoisotopic (exact) mass is 418 g/mol. The van der Waals surface area contributed by atoms with Crippen LogP contribution in [0.4, 0.5) is 5.82 Å². The zero-order chi connectivity index (χ0) is 21.8. The zero-order valence-electron chi connectivity index (χ0n) is 17.7. The minimum absolute atomic E-state index is 0.102. The van der Waals surface area contributed by atoms with Crippen molar-refractivity contribution in [3.63, 3.8) is 0 Å². The van der Waals surface area contributed by atoms with Crippen molar-refractivity contribution in [3.05, 3.63) is 71.7 Å². The largest absolute Gasteiger partial charge is 0.493 e. The fourth-order valence-electron chi connectivity index (χ4n) is 3.96. The normalized spacial score (nSPS) is 14.3. The van der Waals surface area contributed by atoms with E-state index < -0.39 is 0 Å². The van der Waals surface area contributed by atoms with Crippen LogP contribution in [0, 0.1) is 6.92 Å². The number of nitrogens with zero attached hydrogens (tertiary/aromatic N) is 3. The number of amides is 1. The molecule has 4 rings (SSSR count). The maximum Gasteiger partial charge on any atom is 0.272 e. The Morgan fingerprint density at radius 1 is 1.06 bits per heavy atom. The Labute approximate surface area is 181 Å². The van der Waals surface area contributed by atoms with Gasteiger partial charge in [-0.2, -0.15) is 0 Å². The average Bonchev–Trinajstić information content (AvgIpc) is 2.80. The highest BCUT2D eigenvalue weighted by molar-refractivity contribution is 5.93. The summed E-state index contributed by atoms with van der Waals surface area (Å²) >= 11 is 0. The Bertz CT molecular complexity index is 1060. The molecule has 160 valence electrons. The van der Waals surface area contributed by atoms with Crippen LogP contribution >= 0.6 is 0 Å². The molecule has 0 spiro atoms. The van der Waals surface area contributed by atoms with E-state index in [2.05, 4.69) is 16.9 Å². The topological polar surface area (TPSA) is 90.6 Å². The van der Waals surface area contributed by atoms with Gasteiger partial charge in [0, 0.05) is 25.4 Å². The highest BCUT2D eigenvalue weighted by atomic mass is 16.5. The summed E-state index contributed by atoms with van der Waals surface area (Å²) in [6, 6.07) is 12.9. The Morgan fingerprint density at radius 2 is 1.81 bits per heavy atom. The van der Waals surface area contributed by atoms with E-state index in [1.165, 1.54) is 11.8 Å². The van der Waals surface area contributed by atoms with Crippen LogP contribution in [0.3, 0.4) is 0 Å². The number of carbonyl (C=O) groups is 1. The number of ether oxygens (including phenoxy) is 2. The summed E-state index contributed by atoms with van der Waals surface area (Å²) in [4.78, 5) is 23.4. The number of carbonyl (C=O) groups excluding carboxylic acids is 1. The number of benzene rings is 1. The van der Waals surface area contributed by atoms with Crippen LogP contribution in [0.5, 0.6) is 17.2 Å². The molecule has 31 heavy (non-hydrogen) atoms. The molecule has 1 aliphatic rings. The fourth-order valence-corrected chi connectivity index (χ4v) is 3.96. The number of hydrogen-bond donors (Lipinski definition) is 1. The number of anilines is 1. The van der Waals surface area contributed by atoms with Crippen molar-refractivity contribution < 1.29 is 14.3 Å². The van der Waals surface area contributed by atoms with Crippen molar-refractivity contribution in [2.45, 2.75) is 25.7 Å². The number of piperidine rings is 1. The molecule has 0 unspecified atom stereocenters. The van der Waals surface area contributed by atoms with E-state index in [-0.39, 0.29) is 5.91 Å².